The highest BCUT2D eigenvalue weighted by Gasteiger charge is 2.23. The molecule has 0 saturated carbocycles. The first-order chi connectivity index (χ1) is 12.7. The van der Waals surface area contributed by atoms with Gasteiger partial charge in [-0.15, -0.1) is 0 Å². The lowest BCUT2D eigenvalue weighted by Crippen LogP contribution is -2.34. The average Bonchev–Trinajstić information content (AvgIpc) is 3.07. The minimum absolute atomic E-state index is 0.472. The number of rotatable bonds is 4. The van der Waals surface area contributed by atoms with Gasteiger partial charge in [-0.1, -0.05) is 29.8 Å². The molecule has 0 unspecified atom stereocenters. The molecule has 3 heterocycles. The van der Waals surface area contributed by atoms with Gasteiger partial charge < -0.3 is 0 Å². The number of benzene rings is 1. The van der Waals surface area contributed by atoms with Crippen LogP contribution in [-0.4, -0.2) is 32.8 Å². The van der Waals surface area contributed by atoms with E-state index in [-0.39, 0.29) is 0 Å². The molecule has 134 valence electrons. The Kier molecular flexibility index (Phi) is 5.05. The van der Waals surface area contributed by atoms with Gasteiger partial charge in [0.1, 0.15) is 0 Å². The Balaban J connectivity index is 1.50. The zero-order chi connectivity index (χ0) is 17.9. The summed E-state index contributed by atoms with van der Waals surface area (Å²) in [6.07, 6.45) is 6.45. The number of hydrogen-bond donors (Lipinski definition) is 0. The molecule has 3 aromatic rings. The van der Waals surface area contributed by atoms with Crippen LogP contribution in [0, 0.1) is 0 Å². The number of pyridine rings is 1. The molecular formula is C21H23ClN4. The van der Waals surface area contributed by atoms with Gasteiger partial charge >= 0.3 is 0 Å². The van der Waals surface area contributed by atoms with E-state index in [4.69, 9.17) is 16.6 Å². The Hall–Kier alpha value is -2.17. The lowest BCUT2D eigenvalue weighted by Gasteiger charge is -2.32. The number of likely N-dealkylation sites (tertiary alicyclic amines) is 1. The van der Waals surface area contributed by atoms with Crippen molar-refractivity contribution in [3.63, 3.8) is 0 Å². The summed E-state index contributed by atoms with van der Waals surface area (Å²) >= 11 is 6.14. The zero-order valence-electron chi connectivity index (χ0n) is 15.0. The van der Waals surface area contributed by atoms with Gasteiger partial charge in [-0.25, -0.2) is 0 Å². The minimum Gasteiger partial charge on any atom is -0.298 e. The lowest BCUT2D eigenvalue weighted by atomic mass is 9.93. The summed E-state index contributed by atoms with van der Waals surface area (Å²) in [5, 5.41) is 5.02. The molecule has 0 spiro atoms. The number of piperidine rings is 1. The first-order valence-electron chi connectivity index (χ1n) is 9.10. The van der Waals surface area contributed by atoms with Gasteiger partial charge in [0.2, 0.25) is 0 Å². The van der Waals surface area contributed by atoms with Crippen LogP contribution < -0.4 is 0 Å². The van der Waals surface area contributed by atoms with E-state index in [1.54, 1.807) is 0 Å². The maximum absolute atomic E-state index is 6.14. The zero-order valence-corrected chi connectivity index (χ0v) is 15.7. The third-order valence-electron chi connectivity index (χ3n) is 4.98. The standard InChI is InChI=1S/C21H23ClN4/c1-25-13-16(12-23-25)14-26-10-4-6-18(15-26)21-9-3-8-20(24-21)17-5-2-7-19(22)11-17/h2-3,5,7-9,11-13,18H,4,6,10,14-15H2,1H3/t18-/m1/s1. The monoisotopic (exact) mass is 366 g/mol. The molecule has 1 aliphatic rings. The van der Waals surface area contributed by atoms with E-state index in [9.17, 15) is 0 Å². The minimum atomic E-state index is 0.472. The SMILES string of the molecule is Cn1cc(CN2CCC[C@@H](c3cccc(-c4cccc(Cl)c4)n3)C2)cn1. The van der Waals surface area contributed by atoms with Gasteiger partial charge in [-0.05, 0) is 43.7 Å². The van der Waals surface area contributed by atoms with Crippen molar-refractivity contribution in [2.24, 2.45) is 7.05 Å². The van der Waals surface area contributed by atoms with Crippen molar-refractivity contribution in [3.8, 4) is 11.3 Å². The molecule has 2 aromatic heterocycles. The normalized spacial score (nSPS) is 18.2. The molecule has 5 heteroatoms. The topological polar surface area (TPSA) is 34.0 Å². The van der Waals surface area contributed by atoms with Gasteiger partial charge in [-0.3, -0.25) is 14.6 Å². The van der Waals surface area contributed by atoms with Crippen molar-refractivity contribution in [1.29, 1.82) is 0 Å². The molecule has 1 aliphatic heterocycles. The molecule has 1 aromatic carbocycles. The van der Waals surface area contributed by atoms with Crippen LogP contribution in [0.15, 0.2) is 54.9 Å². The molecular weight excluding hydrogens is 344 g/mol. The van der Waals surface area contributed by atoms with Crippen molar-refractivity contribution in [2.75, 3.05) is 13.1 Å². The first kappa shape index (κ1) is 17.3. The number of hydrogen-bond acceptors (Lipinski definition) is 3. The summed E-state index contributed by atoms with van der Waals surface area (Å²) in [5.41, 5.74) is 4.52. The predicted molar refractivity (Wildman–Crippen MR) is 105 cm³/mol. The third kappa shape index (κ3) is 3.97. The molecule has 0 bridgehead atoms. The fourth-order valence-corrected chi connectivity index (χ4v) is 3.93. The quantitative estimate of drug-likeness (QED) is 0.681. The van der Waals surface area contributed by atoms with Crippen LogP contribution in [0.3, 0.4) is 0 Å². The summed E-state index contributed by atoms with van der Waals surface area (Å²) in [6.45, 7) is 3.14. The van der Waals surface area contributed by atoms with Gasteiger partial charge in [0, 0.05) is 54.1 Å². The maximum Gasteiger partial charge on any atom is 0.0705 e. The van der Waals surface area contributed by atoms with E-state index in [2.05, 4.69) is 40.5 Å². The molecule has 0 amide bonds. The van der Waals surface area contributed by atoms with Crippen molar-refractivity contribution in [2.45, 2.75) is 25.3 Å². The smallest absolute Gasteiger partial charge is 0.0705 e. The van der Waals surface area contributed by atoms with E-state index in [0.717, 1.165) is 35.9 Å². The summed E-state index contributed by atoms with van der Waals surface area (Å²) < 4.78 is 1.87. The van der Waals surface area contributed by atoms with E-state index in [1.807, 2.05) is 36.1 Å². The molecule has 1 saturated heterocycles. The number of halogens is 1. The molecule has 1 atom stereocenters. The first-order valence-corrected chi connectivity index (χ1v) is 9.48. The summed E-state index contributed by atoms with van der Waals surface area (Å²) in [4.78, 5) is 7.46. The Morgan fingerprint density at radius 2 is 2.08 bits per heavy atom. The van der Waals surface area contributed by atoms with Crippen molar-refractivity contribution < 1.29 is 0 Å². The van der Waals surface area contributed by atoms with Gasteiger partial charge in [0.05, 0.1) is 11.9 Å². The molecule has 4 rings (SSSR count). The van der Waals surface area contributed by atoms with E-state index < -0.39 is 0 Å². The van der Waals surface area contributed by atoms with Gasteiger partial charge in [0.15, 0.2) is 0 Å². The molecule has 0 radical (unpaired) electrons. The summed E-state index contributed by atoms with van der Waals surface area (Å²) in [7, 11) is 1.97. The van der Waals surface area contributed by atoms with E-state index >= 15 is 0 Å². The van der Waals surface area contributed by atoms with Crippen molar-refractivity contribution >= 4 is 11.6 Å². The van der Waals surface area contributed by atoms with E-state index in [0.29, 0.717) is 5.92 Å². The van der Waals surface area contributed by atoms with Crippen LogP contribution in [0.25, 0.3) is 11.3 Å². The Morgan fingerprint density at radius 1 is 1.19 bits per heavy atom. The van der Waals surface area contributed by atoms with Crippen LogP contribution >= 0.6 is 11.6 Å². The second-order valence-corrected chi connectivity index (χ2v) is 7.49. The number of nitrogens with zero attached hydrogens (tertiary/aromatic N) is 4. The van der Waals surface area contributed by atoms with Crippen LogP contribution in [0.1, 0.15) is 30.0 Å². The van der Waals surface area contributed by atoms with Crippen LogP contribution in [0.5, 0.6) is 0 Å². The molecule has 1 fully saturated rings. The average molecular weight is 367 g/mol. The highest BCUT2D eigenvalue weighted by atomic mass is 35.5. The lowest BCUT2D eigenvalue weighted by molar-refractivity contribution is 0.198. The van der Waals surface area contributed by atoms with Gasteiger partial charge in [0.25, 0.3) is 0 Å². The maximum atomic E-state index is 6.14. The van der Waals surface area contributed by atoms with Crippen LogP contribution in [0.2, 0.25) is 5.02 Å². The molecule has 26 heavy (non-hydrogen) atoms. The highest BCUT2D eigenvalue weighted by Crippen LogP contribution is 2.29. The van der Waals surface area contributed by atoms with Crippen molar-refractivity contribution in [3.05, 3.63) is 71.1 Å². The Bertz CT molecular complexity index is 889. The molecule has 0 aliphatic carbocycles. The third-order valence-corrected chi connectivity index (χ3v) is 5.21. The largest absolute Gasteiger partial charge is 0.298 e. The second-order valence-electron chi connectivity index (χ2n) is 7.05. The highest BCUT2D eigenvalue weighted by molar-refractivity contribution is 6.30. The number of aryl methyl sites for hydroxylation is 1. The Morgan fingerprint density at radius 3 is 2.88 bits per heavy atom. The fourth-order valence-electron chi connectivity index (χ4n) is 3.74. The number of aromatic nitrogens is 3. The van der Waals surface area contributed by atoms with Gasteiger partial charge in [-0.2, -0.15) is 5.10 Å². The molecule has 4 nitrogen and oxygen atoms in total. The van der Waals surface area contributed by atoms with Crippen LogP contribution in [0.4, 0.5) is 0 Å². The van der Waals surface area contributed by atoms with Crippen molar-refractivity contribution in [1.82, 2.24) is 19.7 Å². The second kappa shape index (κ2) is 7.60. The summed E-state index contributed by atoms with van der Waals surface area (Å²) in [5.74, 6) is 0.472. The predicted octanol–water partition coefficient (Wildman–Crippen LogP) is 4.52. The van der Waals surface area contributed by atoms with Crippen LogP contribution in [-0.2, 0) is 13.6 Å². The van der Waals surface area contributed by atoms with E-state index in [1.165, 1.54) is 24.1 Å². The molecule has 0 N–H and O–H groups in total. The Labute approximate surface area is 159 Å². The fraction of sp³-hybridized carbons (Fsp3) is 0.333. The summed E-state index contributed by atoms with van der Waals surface area (Å²) in [6, 6.07) is 14.2.